The molecule has 2 rings (SSSR count). The van der Waals surface area contributed by atoms with Gasteiger partial charge in [-0.1, -0.05) is 54.8 Å². The van der Waals surface area contributed by atoms with Gasteiger partial charge in [-0.25, -0.2) is 4.79 Å². The Balaban J connectivity index is 1.72. The molecule has 1 aromatic carbocycles. The van der Waals surface area contributed by atoms with Crippen LogP contribution < -0.4 is 0 Å². The number of oxime groups is 1. The van der Waals surface area contributed by atoms with Gasteiger partial charge in [0.05, 0.1) is 12.6 Å². The first-order valence-electron chi connectivity index (χ1n) is 6.63. The molecule has 18 heavy (non-hydrogen) atoms. The fourth-order valence-corrected chi connectivity index (χ4v) is 2.35. The van der Waals surface area contributed by atoms with E-state index >= 15 is 0 Å². The van der Waals surface area contributed by atoms with Crippen LogP contribution in [0.1, 0.15) is 44.1 Å². The molecule has 0 saturated heterocycles. The largest absolute Gasteiger partial charge is 0.335 e. The molecule has 0 atom stereocenters. The van der Waals surface area contributed by atoms with Crippen LogP contribution in [0.3, 0.4) is 0 Å². The summed E-state index contributed by atoms with van der Waals surface area (Å²) in [5, 5.41) is 3.73. The molecular formula is C15H19NO2. The molecule has 0 spiro atoms. The van der Waals surface area contributed by atoms with E-state index < -0.39 is 0 Å². The molecule has 0 aliphatic heterocycles. The van der Waals surface area contributed by atoms with Crippen LogP contribution in [0.2, 0.25) is 0 Å². The van der Waals surface area contributed by atoms with Crippen LogP contribution in [-0.4, -0.2) is 12.2 Å². The van der Waals surface area contributed by atoms with Gasteiger partial charge in [-0.2, -0.15) is 0 Å². The van der Waals surface area contributed by atoms with Crippen LogP contribution >= 0.6 is 0 Å². The highest BCUT2D eigenvalue weighted by Gasteiger charge is 2.17. The van der Waals surface area contributed by atoms with Crippen molar-refractivity contribution in [3.8, 4) is 0 Å². The molecule has 0 N–H and O–H groups in total. The molecule has 96 valence electrons. The Labute approximate surface area is 108 Å². The van der Waals surface area contributed by atoms with Gasteiger partial charge >= 0.3 is 5.97 Å². The molecule has 0 aromatic heterocycles. The van der Waals surface area contributed by atoms with Gasteiger partial charge < -0.3 is 4.84 Å². The third-order valence-corrected chi connectivity index (χ3v) is 3.34. The van der Waals surface area contributed by atoms with Crippen molar-refractivity contribution >= 4 is 12.2 Å². The van der Waals surface area contributed by atoms with E-state index in [0.29, 0.717) is 12.3 Å². The smallest absolute Gasteiger partial charge is 0.318 e. The first-order valence-corrected chi connectivity index (χ1v) is 6.63. The van der Waals surface area contributed by atoms with E-state index in [9.17, 15) is 4.79 Å². The van der Waals surface area contributed by atoms with Crippen molar-refractivity contribution < 1.29 is 9.63 Å². The molecule has 3 nitrogen and oxygen atoms in total. The molecule has 0 heterocycles. The average Bonchev–Trinajstić information content (AvgIpc) is 2.41. The number of hydrogen-bond donors (Lipinski definition) is 0. The number of hydrogen-bond acceptors (Lipinski definition) is 3. The maximum Gasteiger partial charge on any atom is 0.335 e. The van der Waals surface area contributed by atoms with E-state index in [0.717, 1.165) is 18.4 Å². The first-order chi connectivity index (χ1) is 8.84. The number of carbonyl (C=O) groups is 1. The van der Waals surface area contributed by atoms with E-state index in [1.54, 1.807) is 6.21 Å². The predicted octanol–water partition coefficient (Wildman–Crippen LogP) is 3.53. The minimum atomic E-state index is -0.214. The number of benzene rings is 1. The molecule has 1 fully saturated rings. The summed E-state index contributed by atoms with van der Waals surface area (Å²) in [5.41, 5.74) is 0.933. The van der Waals surface area contributed by atoms with E-state index in [4.69, 9.17) is 4.84 Å². The Morgan fingerprint density at radius 2 is 1.94 bits per heavy atom. The summed E-state index contributed by atoms with van der Waals surface area (Å²) in [4.78, 5) is 16.4. The summed E-state index contributed by atoms with van der Waals surface area (Å²) >= 11 is 0. The Hall–Kier alpha value is -1.64. The van der Waals surface area contributed by atoms with Crippen LogP contribution in [-0.2, 0) is 9.63 Å². The lowest BCUT2D eigenvalue weighted by Gasteiger charge is -2.19. The zero-order valence-corrected chi connectivity index (χ0v) is 10.5. The maximum atomic E-state index is 11.6. The van der Waals surface area contributed by atoms with Crippen LogP contribution in [0, 0.1) is 5.92 Å². The highest BCUT2D eigenvalue weighted by molar-refractivity contribution is 5.80. The highest BCUT2D eigenvalue weighted by atomic mass is 16.7. The zero-order chi connectivity index (χ0) is 12.6. The minimum Gasteiger partial charge on any atom is -0.318 e. The fourth-order valence-electron chi connectivity index (χ4n) is 2.35. The van der Waals surface area contributed by atoms with Crippen molar-refractivity contribution in [3.63, 3.8) is 0 Å². The van der Waals surface area contributed by atoms with Crippen LogP contribution in [0.25, 0.3) is 0 Å². The lowest BCUT2D eigenvalue weighted by molar-refractivity contribution is -0.144. The van der Waals surface area contributed by atoms with Crippen LogP contribution in [0.5, 0.6) is 0 Å². The molecule has 1 saturated carbocycles. The van der Waals surface area contributed by atoms with Crippen molar-refractivity contribution in [2.45, 2.75) is 38.5 Å². The third-order valence-electron chi connectivity index (χ3n) is 3.34. The summed E-state index contributed by atoms with van der Waals surface area (Å²) in [6.07, 6.45) is 8.16. The van der Waals surface area contributed by atoms with E-state index in [2.05, 4.69) is 5.16 Å². The lowest BCUT2D eigenvalue weighted by atomic mass is 9.87. The normalized spacial score (nSPS) is 16.9. The number of carbonyl (C=O) groups excluding carboxylic acids is 1. The molecule has 1 aromatic rings. The predicted molar refractivity (Wildman–Crippen MR) is 71.3 cm³/mol. The van der Waals surface area contributed by atoms with Crippen molar-refractivity contribution in [1.82, 2.24) is 0 Å². The van der Waals surface area contributed by atoms with Gasteiger partial charge in [0.25, 0.3) is 0 Å². The summed E-state index contributed by atoms with van der Waals surface area (Å²) in [7, 11) is 0. The number of rotatable bonds is 4. The van der Waals surface area contributed by atoms with Crippen molar-refractivity contribution in [1.29, 1.82) is 0 Å². The molecule has 1 aliphatic rings. The quantitative estimate of drug-likeness (QED) is 0.462. The molecule has 0 amide bonds. The van der Waals surface area contributed by atoms with Crippen molar-refractivity contribution in [2.24, 2.45) is 11.1 Å². The second kappa shape index (κ2) is 6.94. The molecule has 0 radical (unpaired) electrons. The Morgan fingerprint density at radius 1 is 1.22 bits per heavy atom. The van der Waals surface area contributed by atoms with Gasteiger partial charge in [-0.15, -0.1) is 0 Å². The minimum absolute atomic E-state index is 0.214. The molecule has 0 bridgehead atoms. The average molecular weight is 245 g/mol. The second-order valence-corrected chi connectivity index (χ2v) is 4.82. The second-order valence-electron chi connectivity index (χ2n) is 4.82. The standard InChI is InChI=1S/C15H19NO2/c17-15(11-13-7-3-1-4-8-13)18-16-12-14-9-5-2-6-10-14/h2,5-6,9-10,12-13H,1,3-4,7-8,11H2/b16-12+. The third kappa shape index (κ3) is 4.32. The molecule has 0 unspecified atom stereocenters. The van der Waals surface area contributed by atoms with Gasteiger partial charge in [0.2, 0.25) is 0 Å². The topological polar surface area (TPSA) is 38.7 Å². The lowest BCUT2D eigenvalue weighted by Crippen LogP contribution is -2.12. The molecule has 1 aliphatic carbocycles. The van der Waals surface area contributed by atoms with Crippen LogP contribution in [0.4, 0.5) is 0 Å². The summed E-state index contributed by atoms with van der Waals surface area (Å²) in [6, 6.07) is 9.61. The summed E-state index contributed by atoms with van der Waals surface area (Å²) in [6.45, 7) is 0. The Morgan fingerprint density at radius 3 is 2.67 bits per heavy atom. The van der Waals surface area contributed by atoms with Gasteiger partial charge in [0, 0.05) is 0 Å². The molecule has 3 heteroatoms. The maximum absolute atomic E-state index is 11.6. The van der Waals surface area contributed by atoms with E-state index in [-0.39, 0.29) is 5.97 Å². The van der Waals surface area contributed by atoms with Gasteiger partial charge in [-0.05, 0) is 24.3 Å². The Kier molecular flexibility index (Phi) is 4.94. The fraction of sp³-hybridized carbons (Fsp3) is 0.467. The zero-order valence-electron chi connectivity index (χ0n) is 10.5. The van der Waals surface area contributed by atoms with Gasteiger partial charge in [-0.3, -0.25) is 0 Å². The van der Waals surface area contributed by atoms with E-state index in [1.807, 2.05) is 30.3 Å². The molecular weight excluding hydrogens is 226 g/mol. The highest BCUT2D eigenvalue weighted by Crippen LogP contribution is 2.26. The first kappa shape index (κ1) is 12.8. The number of nitrogens with zero attached hydrogens (tertiary/aromatic N) is 1. The van der Waals surface area contributed by atoms with Crippen molar-refractivity contribution in [2.75, 3.05) is 0 Å². The summed E-state index contributed by atoms with van der Waals surface area (Å²) < 4.78 is 0. The van der Waals surface area contributed by atoms with Gasteiger partial charge in [0.1, 0.15) is 0 Å². The van der Waals surface area contributed by atoms with Crippen LogP contribution in [0.15, 0.2) is 35.5 Å². The Bertz CT molecular complexity index is 394. The van der Waals surface area contributed by atoms with Gasteiger partial charge in [0.15, 0.2) is 0 Å². The monoisotopic (exact) mass is 245 g/mol. The SMILES string of the molecule is O=C(CC1CCCCC1)O/N=C/c1ccccc1. The van der Waals surface area contributed by atoms with Crippen molar-refractivity contribution in [3.05, 3.63) is 35.9 Å². The van der Waals surface area contributed by atoms with E-state index in [1.165, 1.54) is 19.3 Å². The summed E-state index contributed by atoms with van der Waals surface area (Å²) in [5.74, 6) is 0.284.